The van der Waals surface area contributed by atoms with E-state index in [0.29, 0.717) is 16.1 Å². The van der Waals surface area contributed by atoms with E-state index in [0.717, 1.165) is 18.4 Å². The van der Waals surface area contributed by atoms with Gasteiger partial charge in [-0.15, -0.1) is 11.6 Å². The van der Waals surface area contributed by atoms with Gasteiger partial charge in [0, 0.05) is 11.6 Å². The summed E-state index contributed by atoms with van der Waals surface area (Å²) >= 11 is 9.94. The Morgan fingerprint density at radius 2 is 1.80 bits per heavy atom. The van der Waals surface area contributed by atoms with Gasteiger partial charge in [0.1, 0.15) is 11.6 Å². The molecule has 2 rings (SSSR count). The average Bonchev–Trinajstić information content (AvgIpc) is 2.40. The van der Waals surface area contributed by atoms with E-state index in [1.165, 1.54) is 38.2 Å². The van der Waals surface area contributed by atoms with Crippen LogP contribution in [0.25, 0.3) is 0 Å². The summed E-state index contributed by atoms with van der Waals surface area (Å²) in [6.45, 7) is 0. The predicted molar refractivity (Wildman–Crippen MR) is 85.1 cm³/mol. The maximum absolute atomic E-state index is 13.6. The second kappa shape index (κ2) is 7.65. The Morgan fingerprint density at radius 3 is 2.40 bits per heavy atom. The van der Waals surface area contributed by atoms with E-state index in [9.17, 15) is 4.39 Å². The zero-order chi connectivity index (χ0) is 14.5. The van der Waals surface area contributed by atoms with Crippen molar-refractivity contribution < 1.29 is 9.13 Å². The normalized spacial score (nSPS) is 19.2. The molecule has 0 N–H and O–H groups in total. The number of rotatable bonds is 3. The summed E-state index contributed by atoms with van der Waals surface area (Å²) in [6, 6.07) is 3.18. The van der Waals surface area contributed by atoms with Gasteiger partial charge in [0.15, 0.2) is 0 Å². The SMILES string of the molecule is COc1cc(F)c(Br)cc1C(Cl)C1CCCCCCC1. The van der Waals surface area contributed by atoms with Crippen LogP contribution in [0.4, 0.5) is 4.39 Å². The van der Waals surface area contributed by atoms with Gasteiger partial charge in [-0.2, -0.15) is 0 Å². The largest absolute Gasteiger partial charge is 0.496 e. The molecule has 1 aliphatic carbocycles. The Morgan fingerprint density at radius 1 is 1.20 bits per heavy atom. The first kappa shape index (κ1) is 16.1. The summed E-state index contributed by atoms with van der Waals surface area (Å²) in [7, 11) is 1.56. The molecule has 0 saturated heterocycles. The smallest absolute Gasteiger partial charge is 0.141 e. The summed E-state index contributed by atoms with van der Waals surface area (Å²) < 4.78 is 19.4. The lowest BCUT2D eigenvalue weighted by Gasteiger charge is -2.26. The highest BCUT2D eigenvalue weighted by molar-refractivity contribution is 9.10. The molecule has 112 valence electrons. The molecule has 1 saturated carbocycles. The quantitative estimate of drug-likeness (QED) is 0.578. The van der Waals surface area contributed by atoms with E-state index < -0.39 is 0 Å². The maximum atomic E-state index is 13.6. The lowest BCUT2D eigenvalue weighted by Crippen LogP contribution is -2.11. The Hall–Kier alpha value is -0.280. The molecule has 4 heteroatoms. The Balaban J connectivity index is 2.22. The molecule has 1 unspecified atom stereocenters. The van der Waals surface area contributed by atoms with Crippen LogP contribution < -0.4 is 4.74 Å². The number of hydrogen-bond acceptors (Lipinski definition) is 1. The molecular weight excluding hydrogens is 343 g/mol. The van der Waals surface area contributed by atoms with Gasteiger partial charge in [-0.3, -0.25) is 0 Å². The highest BCUT2D eigenvalue weighted by atomic mass is 79.9. The van der Waals surface area contributed by atoms with Crippen LogP contribution in [0.3, 0.4) is 0 Å². The van der Waals surface area contributed by atoms with Crippen molar-refractivity contribution in [1.82, 2.24) is 0 Å². The number of methoxy groups -OCH3 is 1. The Bertz CT molecular complexity index is 444. The van der Waals surface area contributed by atoms with E-state index >= 15 is 0 Å². The zero-order valence-electron chi connectivity index (χ0n) is 11.8. The first-order valence-corrected chi connectivity index (χ1v) is 8.53. The van der Waals surface area contributed by atoms with Crippen LogP contribution in [-0.4, -0.2) is 7.11 Å². The Kier molecular flexibility index (Phi) is 6.16. The van der Waals surface area contributed by atoms with Gasteiger partial charge in [-0.1, -0.05) is 32.1 Å². The van der Waals surface area contributed by atoms with Gasteiger partial charge in [0.25, 0.3) is 0 Å². The first-order chi connectivity index (χ1) is 9.63. The fourth-order valence-electron chi connectivity index (χ4n) is 2.97. The van der Waals surface area contributed by atoms with Crippen LogP contribution in [-0.2, 0) is 0 Å². The molecule has 0 aromatic heterocycles. The molecule has 0 radical (unpaired) electrons. The molecule has 1 aromatic rings. The average molecular weight is 364 g/mol. The number of alkyl halides is 1. The van der Waals surface area contributed by atoms with E-state index in [1.807, 2.05) is 0 Å². The van der Waals surface area contributed by atoms with Crippen molar-refractivity contribution in [3.05, 3.63) is 28.0 Å². The monoisotopic (exact) mass is 362 g/mol. The third-order valence-corrected chi connectivity index (χ3v) is 5.33. The number of benzene rings is 1. The molecule has 1 fully saturated rings. The molecule has 0 aliphatic heterocycles. The second-order valence-corrected chi connectivity index (χ2v) is 6.84. The standard InChI is InChI=1S/C16H21BrClFO/c1-20-15-10-14(19)13(17)9-12(15)16(18)11-7-5-3-2-4-6-8-11/h9-11,16H,2-8H2,1H3. The highest BCUT2D eigenvalue weighted by Gasteiger charge is 2.25. The lowest BCUT2D eigenvalue weighted by atomic mass is 9.86. The summed E-state index contributed by atoms with van der Waals surface area (Å²) in [5, 5.41) is -0.111. The van der Waals surface area contributed by atoms with Crippen LogP contribution in [0.15, 0.2) is 16.6 Å². The van der Waals surface area contributed by atoms with Crippen LogP contribution >= 0.6 is 27.5 Å². The van der Waals surface area contributed by atoms with Crippen molar-refractivity contribution in [2.45, 2.75) is 50.3 Å². The van der Waals surface area contributed by atoms with E-state index in [-0.39, 0.29) is 11.2 Å². The zero-order valence-corrected chi connectivity index (χ0v) is 14.1. The van der Waals surface area contributed by atoms with Crippen molar-refractivity contribution in [2.75, 3.05) is 7.11 Å². The topological polar surface area (TPSA) is 9.23 Å². The van der Waals surface area contributed by atoms with Gasteiger partial charge in [0.2, 0.25) is 0 Å². The van der Waals surface area contributed by atoms with Gasteiger partial charge in [0.05, 0.1) is 17.0 Å². The maximum Gasteiger partial charge on any atom is 0.141 e. The summed E-state index contributed by atoms with van der Waals surface area (Å²) in [5.74, 6) is 0.683. The van der Waals surface area contributed by atoms with Crippen LogP contribution in [0.5, 0.6) is 5.75 Å². The van der Waals surface area contributed by atoms with Crippen molar-refractivity contribution in [2.24, 2.45) is 5.92 Å². The van der Waals surface area contributed by atoms with Crippen molar-refractivity contribution in [1.29, 1.82) is 0 Å². The van der Waals surface area contributed by atoms with E-state index in [1.54, 1.807) is 13.2 Å². The molecule has 0 bridgehead atoms. The number of halogens is 3. The molecule has 0 heterocycles. The Labute approximate surface area is 134 Å². The molecular formula is C16H21BrClFO. The van der Waals surface area contributed by atoms with E-state index in [4.69, 9.17) is 16.3 Å². The van der Waals surface area contributed by atoms with Crippen molar-refractivity contribution >= 4 is 27.5 Å². The highest BCUT2D eigenvalue weighted by Crippen LogP contribution is 2.42. The minimum atomic E-state index is -0.313. The molecule has 0 spiro atoms. The molecule has 20 heavy (non-hydrogen) atoms. The third-order valence-electron chi connectivity index (χ3n) is 4.13. The fraction of sp³-hybridized carbons (Fsp3) is 0.625. The molecule has 1 aromatic carbocycles. The predicted octanol–water partition coefficient (Wildman–Crippen LogP) is 6.24. The van der Waals surface area contributed by atoms with Crippen LogP contribution in [0, 0.1) is 11.7 Å². The molecule has 1 aliphatic rings. The van der Waals surface area contributed by atoms with Crippen molar-refractivity contribution in [3.63, 3.8) is 0 Å². The van der Waals surface area contributed by atoms with Gasteiger partial charge < -0.3 is 4.74 Å². The minimum Gasteiger partial charge on any atom is -0.496 e. The number of ether oxygens (including phenoxy) is 1. The summed E-state index contributed by atoms with van der Waals surface area (Å²) in [5.41, 5.74) is 0.896. The van der Waals surface area contributed by atoms with Gasteiger partial charge in [-0.05, 0) is 40.8 Å². The third kappa shape index (κ3) is 3.88. The van der Waals surface area contributed by atoms with Gasteiger partial charge in [-0.25, -0.2) is 4.39 Å². The summed E-state index contributed by atoms with van der Waals surface area (Å²) in [6.07, 6.45) is 8.69. The molecule has 1 nitrogen and oxygen atoms in total. The van der Waals surface area contributed by atoms with Crippen LogP contribution in [0.1, 0.15) is 55.9 Å². The van der Waals surface area contributed by atoms with Crippen molar-refractivity contribution in [3.8, 4) is 5.75 Å². The van der Waals surface area contributed by atoms with Gasteiger partial charge >= 0.3 is 0 Å². The molecule has 0 amide bonds. The minimum absolute atomic E-state index is 0.111. The lowest BCUT2D eigenvalue weighted by molar-refractivity contribution is 0.356. The van der Waals surface area contributed by atoms with Crippen LogP contribution in [0.2, 0.25) is 0 Å². The van der Waals surface area contributed by atoms with E-state index in [2.05, 4.69) is 15.9 Å². The summed E-state index contributed by atoms with van der Waals surface area (Å²) in [4.78, 5) is 0. The second-order valence-electron chi connectivity index (χ2n) is 5.52. The first-order valence-electron chi connectivity index (χ1n) is 7.30. The fourth-order valence-corrected chi connectivity index (χ4v) is 3.75. The number of hydrogen-bond donors (Lipinski definition) is 0. The molecule has 1 atom stereocenters.